The first-order valence-electron chi connectivity index (χ1n) is 8.91. The number of piperidine rings is 1. The third-order valence-corrected chi connectivity index (χ3v) is 5.84. The SMILES string of the molecule is COC(=O)C1C[C@@H]2c3cccc4c3c(cn4C(C)C)C[C@H]2N(C#N)C1. The molecule has 0 radical (unpaired) electrons. The van der Waals surface area contributed by atoms with E-state index in [4.69, 9.17) is 4.74 Å². The molecular weight excluding hydrogens is 314 g/mol. The van der Waals surface area contributed by atoms with E-state index in [1.54, 1.807) is 4.90 Å². The fourth-order valence-electron chi connectivity index (χ4n) is 4.71. The summed E-state index contributed by atoms with van der Waals surface area (Å²) in [7, 11) is 1.42. The van der Waals surface area contributed by atoms with E-state index in [-0.39, 0.29) is 23.8 Å². The van der Waals surface area contributed by atoms with Gasteiger partial charge >= 0.3 is 5.97 Å². The maximum absolute atomic E-state index is 12.1. The highest BCUT2D eigenvalue weighted by Crippen LogP contribution is 2.45. The molecule has 0 N–H and O–H groups in total. The number of methoxy groups -OCH3 is 1. The van der Waals surface area contributed by atoms with Gasteiger partial charge in [0.15, 0.2) is 6.19 Å². The van der Waals surface area contributed by atoms with Crippen molar-refractivity contribution in [3.63, 3.8) is 0 Å². The van der Waals surface area contributed by atoms with Crippen molar-refractivity contribution in [3.05, 3.63) is 35.5 Å². The maximum atomic E-state index is 12.1. The number of hydrogen-bond acceptors (Lipinski definition) is 4. The van der Waals surface area contributed by atoms with E-state index in [0.29, 0.717) is 12.6 Å². The summed E-state index contributed by atoms with van der Waals surface area (Å²) in [6.45, 7) is 4.84. The molecule has 25 heavy (non-hydrogen) atoms. The number of aromatic nitrogens is 1. The predicted octanol–water partition coefficient (Wildman–Crippen LogP) is 3.21. The van der Waals surface area contributed by atoms with Crippen molar-refractivity contribution in [1.29, 1.82) is 5.26 Å². The van der Waals surface area contributed by atoms with E-state index in [1.807, 2.05) is 0 Å². The Labute approximate surface area is 147 Å². The summed E-state index contributed by atoms with van der Waals surface area (Å²) in [5.74, 6) is -0.261. The van der Waals surface area contributed by atoms with E-state index >= 15 is 0 Å². The van der Waals surface area contributed by atoms with E-state index < -0.39 is 0 Å². The highest BCUT2D eigenvalue weighted by molar-refractivity contribution is 5.89. The number of likely N-dealkylation sites (tertiary alicyclic amines) is 1. The molecule has 1 fully saturated rings. The van der Waals surface area contributed by atoms with Crippen LogP contribution >= 0.6 is 0 Å². The van der Waals surface area contributed by atoms with Gasteiger partial charge < -0.3 is 14.2 Å². The smallest absolute Gasteiger partial charge is 0.310 e. The molecule has 0 amide bonds. The number of carbonyl (C=O) groups is 1. The third kappa shape index (κ3) is 2.31. The van der Waals surface area contributed by atoms with Crippen LogP contribution in [0.25, 0.3) is 10.9 Å². The highest BCUT2D eigenvalue weighted by atomic mass is 16.5. The lowest BCUT2D eigenvalue weighted by Crippen LogP contribution is -2.49. The summed E-state index contributed by atoms with van der Waals surface area (Å²) in [5.41, 5.74) is 3.85. The molecule has 2 aliphatic rings. The monoisotopic (exact) mass is 337 g/mol. The predicted molar refractivity (Wildman–Crippen MR) is 95.0 cm³/mol. The lowest BCUT2D eigenvalue weighted by atomic mass is 9.72. The third-order valence-electron chi connectivity index (χ3n) is 5.84. The molecule has 5 heteroatoms. The number of esters is 1. The van der Waals surface area contributed by atoms with Gasteiger partial charge in [0.25, 0.3) is 0 Å². The van der Waals surface area contributed by atoms with Crippen molar-refractivity contribution >= 4 is 16.9 Å². The first-order valence-corrected chi connectivity index (χ1v) is 8.91. The van der Waals surface area contributed by atoms with Gasteiger partial charge in [-0.3, -0.25) is 4.79 Å². The molecule has 2 heterocycles. The van der Waals surface area contributed by atoms with Crippen LogP contribution in [0, 0.1) is 17.4 Å². The molecule has 4 rings (SSSR count). The van der Waals surface area contributed by atoms with E-state index in [9.17, 15) is 10.1 Å². The van der Waals surface area contributed by atoms with Crippen LogP contribution in [0.3, 0.4) is 0 Å². The Bertz CT molecular complexity index is 877. The van der Waals surface area contributed by atoms with Crippen molar-refractivity contribution in [1.82, 2.24) is 9.47 Å². The van der Waals surface area contributed by atoms with Crippen molar-refractivity contribution in [3.8, 4) is 6.19 Å². The molecule has 1 aromatic carbocycles. The average molecular weight is 337 g/mol. The Balaban J connectivity index is 1.85. The minimum atomic E-state index is -0.241. The second kappa shape index (κ2) is 5.80. The Hall–Kier alpha value is -2.48. The van der Waals surface area contributed by atoms with Crippen LogP contribution in [-0.2, 0) is 16.0 Å². The maximum Gasteiger partial charge on any atom is 0.310 e. The quantitative estimate of drug-likeness (QED) is 0.624. The standard InChI is InChI=1S/C20H23N3O2/c1-12(2)23-10-13-8-18-16(15-5-4-6-17(23)19(13)15)7-14(20(24)25-3)9-22(18)11-21/h4-6,10,12,14,16,18H,7-9H2,1-3H3/t14?,16-,18-/m1/s1. The fraction of sp³-hybridized carbons (Fsp3) is 0.500. The zero-order chi connectivity index (χ0) is 17.7. The zero-order valence-corrected chi connectivity index (χ0v) is 14.9. The number of benzene rings is 1. The van der Waals surface area contributed by atoms with Crippen LogP contribution < -0.4 is 0 Å². The van der Waals surface area contributed by atoms with Gasteiger partial charge in [-0.05, 0) is 43.9 Å². The molecular formula is C20H23N3O2. The van der Waals surface area contributed by atoms with E-state index in [2.05, 4.69) is 49.0 Å². The summed E-state index contributed by atoms with van der Waals surface area (Å²) < 4.78 is 7.28. The second-order valence-electron chi connectivity index (χ2n) is 7.48. The Morgan fingerprint density at radius 1 is 1.40 bits per heavy atom. The Morgan fingerprint density at radius 2 is 2.20 bits per heavy atom. The molecule has 2 aromatic rings. The number of rotatable bonds is 2. The highest BCUT2D eigenvalue weighted by Gasteiger charge is 2.43. The van der Waals surface area contributed by atoms with Gasteiger partial charge in [-0.1, -0.05) is 12.1 Å². The van der Waals surface area contributed by atoms with Crippen molar-refractivity contribution in [2.75, 3.05) is 13.7 Å². The van der Waals surface area contributed by atoms with Gasteiger partial charge in [-0.2, -0.15) is 5.26 Å². The summed E-state index contributed by atoms with van der Waals surface area (Å²) in [4.78, 5) is 13.9. The molecule has 1 saturated heterocycles. The molecule has 130 valence electrons. The Morgan fingerprint density at radius 3 is 2.88 bits per heavy atom. The number of fused-ring (bicyclic) bond motifs is 2. The van der Waals surface area contributed by atoms with Gasteiger partial charge in [-0.25, -0.2) is 0 Å². The van der Waals surface area contributed by atoms with Gasteiger partial charge in [0.2, 0.25) is 0 Å². The van der Waals surface area contributed by atoms with Crippen molar-refractivity contribution in [2.45, 2.75) is 44.7 Å². The molecule has 1 unspecified atom stereocenters. The molecule has 0 saturated carbocycles. The van der Waals surface area contributed by atoms with Crippen LogP contribution in [0.4, 0.5) is 0 Å². The minimum Gasteiger partial charge on any atom is -0.469 e. The minimum absolute atomic E-state index is 0.131. The van der Waals surface area contributed by atoms with Gasteiger partial charge in [0.1, 0.15) is 0 Å². The Kier molecular flexibility index (Phi) is 3.72. The second-order valence-corrected chi connectivity index (χ2v) is 7.48. The summed E-state index contributed by atoms with van der Waals surface area (Å²) in [6.07, 6.45) is 6.18. The largest absolute Gasteiger partial charge is 0.469 e. The summed E-state index contributed by atoms with van der Waals surface area (Å²) in [5, 5.41) is 11.0. The first-order chi connectivity index (χ1) is 12.0. The normalized spacial score (nSPS) is 24.9. The van der Waals surface area contributed by atoms with Gasteiger partial charge in [0, 0.05) is 35.6 Å². The van der Waals surface area contributed by atoms with Crippen molar-refractivity contribution in [2.24, 2.45) is 5.92 Å². The topological polar surface area (TPSA) is 58.3 Å². The van der Waals surface area contributed by atoms with Crippen LogP contribution in [0.15, 0.2) is 24.4 Å². The molecule has 5 nitrogen and oxygen atoms in total. The summed E-state index contributed by atoms with van der Waals surface area (Å²) in [6, 6.07) is 6.96. The molecule has 3 atom stereocenters. The lowest BCUT2D eigenvalue weighted by molar-refractivity contribution is -0.147. The van der Waals surface area contributed by atoms with Crippen LogP contribution in [0.5, 0.6) is 0 Å². The van der Waals surface area contributed by atoms with E-state index in [1.165, 1.54) is 29.1 Å². The molecule has 1 aromatic heterocycles. The van der Waals surface area contributed by atoms with Crippen LogP contribution in [0.1, 0.15) is 43.4 Å². The molecule has 0 spiro atoms. The molecule has 0 bridgehead atoms. The number of nitrogens with zero attached hydrogens (tertiary/aromatic N) is 3. The van der Waals surface area contributed by atoms with Gasteiger partial charge in [-0.15, -0.1) is 0 Å². The lowest BCUT2D eigenvalue weighted by Gasteiger charge is -2.43. The number of nitriles is 1. The fourth-order valence-corrected chi connectivity index (χ4v) is 4.71. The number of carbonyl (C=O) groups excluding carboxylic acids is 1. The first kappa shape index (κ1) is 16.0. The molecule has 1 aliphatic carbocycles. The zero-order valence-electron chi connectivity index (χ0n) is 14.9. The average Bonchev–Trinajstić information content (AvgIpc) is 3.00. The number of hydrogen-bond donors (Lipinski definition) is 0. The van der Waals surface area contributed by atoms with Crippen LogP contribution in [0.2, 0.25) is 0 Å². The summed E-state index contributed by atoms with van der Waals surface area (Å²) >= 11 is 0. The number of ether oxygens (including phenoxy) is 1. The van der Waals surface area contributed by atoms with Crippen LogP contribution in [-0.4, -0.2) is 35.1 Å². The molecule has 1 aliphatic heterocycles. The van der Waals surface area contributed by atoms with Gasteiger partial charge in [0.05, 0.1) is 19.1 Å². The van der Waals surface area contributed by atoms with E-state index in [0.717, 1.165) is 12.8 Å². The van der Waals surface area contributed by atoms with Crippen molar-refractivity contribution < 1.29 is 9.53 Å².